The first-order chi connectivity index (χ1) is 10.5. The highest BCUT2D eigenvalue weighted by Crippen LogP contribution is 2.08. The average Bonchev–Trinajstić information content (AvgIpc) is 2.53. The highest BCUT2D eigenvalue weighted by atomic mass is 32.1. The Morgan fingerprint density at radius 3 is 1.95 bits per heavy atom. The summed E-state index contributed by atoms with van der Waals surface area (Å²) in [6.07, 6.45) is 0. The van der Waals surface area contributed by atoms with Gasteiger partial charge in [-0.1, -0.05) is 12.1 Å². The van der Waals surface area contributed by atoms with E-state index in [4.69, 9.17) is 30.2 Å². The molecule has 1 aromatic rings. The molecule has 0 radical (unpaired) electrons. The molecule has 6 N–H and O–H groups in total. The van der Waals surface area contributed by atoms with Crippen molar-refractivity contribution in [3.05, 3.63) is 29.8 Å². The highest BCUT2D eigenvalue weighted by molar-refractivity contribution is 7.80. The van der Waals surface area contributed by atoms with Crippen LogP contribution < -0.4 is 27.2 Å². The van der Waals surface area contributed by atoms with E-state index in [-0.39, 0.29) is 0 Å². The van der Waals surface area contributed by atoms with Gasteiger partial charge in [0.05, 0.1) is 5.71 Å². The van der Waals surface area contributed by atoms with Crippen molar-refractivity contribution in [2.45, 2.75) is 6.92 Å². The van der Waals surface area contributed by atoms with Crippen LogP contribution in [0.3, 0.4) is 0 Å². The largest absolute Gasteiger partial charge is 0.399 e. The van der Waals surface area contributed by atoms with Crippen LogP contribution in [0.4, 0.5) is 5.69 Å². The number of rotatable bonds is 4. The third-order valence-corrected chi connectivity index (χ3v) is 3.17. The van der Waals surface area contributed by atoms with E-state index in [1.807, 2.05) is 19.1 Å². The SMILES string of the molecule is CNC(=S)NN=C(C)C(=NNC(=S)NC)c1ccc(N)cc1. The van der Waals surface area contributed by atoms with Crippen molar-refractivity contribution in [3.8, 4) is 0 Å². The lowest BCUT2D eigenvalue weighted by atomic mass is 10.1. The van der Waals surface area contributed by atoms with Gasteiger partial charge in [0.1, 0.15) is 5.71 Å². The van der Waals surface area contributed by atoms with Crippen LogP contribution in [0.2, 0.25) is 0 Å². The fourth-order valence-corrected chi connectivity index (χ4v) is 1.49. The molecule has 0 fully saturated rings. The first-order valence-electron chi connectivity index (χ1n) is 6.41. The maximum atomic E-state index is 5.71. The van der Waals surface area contributed by atoms with Crippen LogP contribution >= 0.6 is 24.4 Å². The van der Waals surface area contributed by atoms with Crippen LogP contribution in [-0.4, -0.2) is 35.7 Å². The molecule has 0 unspecified atom stereocenters. The molecule has 1 rings (SSSR count). The molecule has 0 bridgehead atoms. The molecule has 0 aromatic heterocycles. The van der Waals surface area contributed by atoms with Crippen LogP contribution in [0.15, 0.2) is 34.5 Å². The molecule has 0 aliphatic carbocycles. The predicted molar refractivity (Wildman–Crippen MR) is 100 cm³/mol. The molecule has 22 heavy (non-hydrogen) atoms. The molecule has 0 saturated carbocycles. The topological polar surface area (TPSA) is 98.9 Å². The summed E-state index contributed by atoms with van der Waals surface area (Å²) in [5.41, 5.74) is 13.9. The van der Waals surface area contributed by atoms with Gasteiger partial charge in [-0.3, -0.25) is 10.9 Å². The van der Waals surface area contributed by atoms with Gasteiger partial charge >= 0.3 is 0 Å². The van der Waals surface area contributed by atoms with E-state index >= 15 is 0 Å². The summed E-state index contributed by atoms with van der Waals surface area (Å²) in [6.45, 7) is 1.81. The molecule has 0 saturated heterocycles. The normalized spacial score (nSPS) is 11.6. The molecule has 118 valence electrons. The fourth-order valence-electron chi connectivity index (χ4n) is 1.40. The number of nitrogen functional groups attached to an aromatic ring is 1. The van der Waals surface area contributed by atoms with Gasteiger partial charge in [-0.2, -0.15) is 10.2 Å². The number of nitrogens with one attached hydrogen (secondary N) is 4. The Morgan fingerprint density at radius 1 is 0.955 bits per heavy atom. The fraction of sp³-hybridized carbons (Fsp3) is 0.231. The summed E-state index contributed by atoms with van der Waals surface area (Å²) >= 11 is 10.0. The maximum absolute atomic E-state index is 5.71. The monoisotopic (exact) mass is 337 g/mol. The van der Waals surface area contributed by atoms with E-state index in [9.17, 15) is 0 Å². The number of hydrogen-bond donors (Lipinski definition) is 5. The molecular weight excluding hydrogens is 318 g/mol. The number of anilines is 1. The molecule has 0 aliphatic heterocycles. The molecule has 7 nitrogen and oxygen atoms in total. The first kappa shape index (κ1) is 17.8. The van der Waals surface area contributed by atoms with Crippen LogP contribution in [0.25, 0.3) is 0 Å². The van der Waals surface area contributed by atoms with Crippen LogP contribution in [0.1, 0.15) is 12.5 Å². The van der Waals surface area contributed by atoms with Crippen molar-refractivity contribution in [3.63, 3.8) is 0 Å². The summed E-state index contributed by atoms with van der Waals surface area (Å²) in [5.74, 6) is 0. The molecule has 1 aromatic carbocycles. The molecular formula is C13H19N7S2. The second-order valence-corrected chi connectivity index (χ2v) is 4.98. The molecule has 0 aliphatic rings. The molecule has 9 heteroatoms. The zero-order valence-electron chi connectivity index (χ0n) is 12.6. The minimum absolute atomic E-state index is 0.402. The Bertz CT molecular complexity index is 593. The lowest BCUT2D eigenvalue weighted by Crippen LogP contribution is -2.32. The van der Waals surface area contributed by atoms with Gasteiger partial charge in [0, 0.05) is 25.3 Å². The quantitative estimate of drug-likeness (QED) is 0.237. The van der Waals surface area contributed by atoms with E-state index in [2.05, 4.69) is 31.7 Å². The number of nitrogens with two attached hydrogens (primary N) is 1. The zero-order chi connectivity index (χ0) is 16.5. The number of benzene rings is 1. The molecule has 0 atom stereocenters. The van der Waals surface area contributed by atoms with Gasteiger partial charge in [-0.25, -0.2) is 0 Å². The van der Waals surface area contributed by atoms with Crippen molar-refractivity contribution >= 4 is 51.8 Å². The Balaban J connectivity index is 3.07. The summed E-state index contributed by atoms with van der Waals surface area (Å²) in [7, 11) is 3.42. The number of nitrogens with zero attached hydrogens (tertiary/aromatic N) is 2. The summed E-state index contributed by atoms with van der Waals surface area (Å²) < 4.78 is 0. The van der Waals surface area contributed by atoms with Crippen molar-refractivity contribution in [2.24, 2.45) is 10.2 Å². The van der Waals surface area contributed by atoms with Gasteiger partial charge < -0.3 is 16.4 Å². The van der Waals surface area contributed by atoms with Crippen molar-refractivity contribution in [1.29, 1.82) is 0 Å². The van der Waals surface area contributed by atoms with Crippen molar-refractivity contribution < 1.29 is 0 Å². The van der Waals surface area contributed by atoms with E-state index in [0.29, 0.717) is 27.3 Å². The van der Waals surface area contributed by atoms with Crippen molar-refractivity contribution in [2.75, 3.05) is 19.8 Å². The zero-order valence-corrected chi connectivity index (χ0v) is 14.2. The third kappa shape index (κ3) is 5.62. The summed E-state index contributed by atoms with van der Waals surface area (Å²) in [4.78, 5) is 0. The number of hydrogen-bond acceptors (Lipinski definition) is 5. The number of hydrazone groups is 2. The molecule has 0 spiro atoms. The molecule has 0 amide bonds. The van der Waals surface area contributed by atoms with Gasteiger partial charge in [0.2, 0.25) is 0 Å². The first-order valence-corrected chi connectivity index (χ1v) is 7.23. The second-order valence-electron chi connectivity index (χ2n) is 4.16. The molecule has 0 heterocycles. The maximum Gasteiger partial charge on any atom is 0.186 e. The highest BCUT2D eigenvalue weighted by Gasteiger charge is 2.09. The smallest absolute Gasteiger partial charge is 0.186 e. The minimum atomic E-state index is 0.402. The van der Waals surface area contributed by atoms with E-state index < -0.39 is 0 Å². The van der Waals surface area contributed by atoms with E-state index in [1.165, 1.54) is 0 Å². The lowest BCUT2D eigenvalue weighted by molar-refractivity contribution is 0.966. The predicted octanol–water partition coefficient (Wildman–Crippen LogP) is 0.537. The van der Waals surface area contributed by atoms with Crippen LogP contribution in [0.5, 0.6) is 0 Å². The van der Waals surface area contributed by atoms with Crippen LogP contribution in [0, 0.1) is 0 Å². The lowest BCUT2D eigenvalue weighted by Gasteiger charge is -2.09. The van der Waals surface area contributed by atoms with Gasteiger partial charge in [0.25, 0.3) is 0 Å². The van der Waals surface area contributed by atoms with Gasteiger partial charge in [-0.05, 0) is 43.5 Å². The van der Waals surface area contributed by atoms with Crippen LogP contribution in [-0.2, 0) is 0 Å². The Kier molecular flexibility index (Phi) is 7.20. The second kappa shape index (κ2) is 8.90. The summed E-state index contributed by atoms with van der Waals surface area (Å²) in [6, 6.07) is 7.29. The standard InChI is InChI=1S/C13H19N7S2/c1-8(17-19-12(21)15-2)11(18-20-13(22)16-3)9-4-6-10(14)7-5-9/h4-7H,14H2,1-3H3,(H2,15,19,21)(H2,16,20,22). The van der Waals surface area contributed by atoms with Gasteiger partial charge in [0.15, 0.2) is 10.2 Å². The van der Waals surface area contributed by atoms with E-state index in [0.717, 1.165) is 5.56 Å². The number of thiocarbonyl (C=S) groups is 2. The average molecular weight is 337 g/mol. The third-order valence-electron chi connectivity index (χ3n) is 2.58. The Morgan fingerprint density at radius 2 is 1.45 bits per heavy atom. The minimum Gasteiger partial charge on any atom is -0.399 e. The Labute approximate surface area is 140 Å². The Hall–Kier alpha value is -2.26. The van der Waals surface area contributed by atoms with E-state index in [1.54, 1.807) is 26.2 Å². The van der Waals surface area contributed by atoms with Gasteiger partial charge in [-0.15, -0.1) is 0 Å². The summed E-state index contributed by atoms with van der Waals surface area (Å²) in [5, 5.41) is 14.9. The van der Waals surface area contributed by atoms with Crippen molar-refractivity contribution in [1.82, 2.24) is 21.5 Å².